The molecule has 0 bridgehead atoms. The van der Waals surface area contributed by atoms with Gasteiger partial charge in [0, 0.05) is 25.7 Å². The molecule has 1 fully saturated rings. The molecular weight excluding hydrogens is 244 g/mol. The quantitative estimate of drug-likeness (QED) is 0.702. The van der Waals surface area contributed by atoms with E-state index in [4.69, 9.17) is 9.47 Å². The fourth-order valence-corrected chi connectivity index (χ4v) is 2.32. The Morgan fingerprint density at radius 3 is 2.84 bits per heavy atom. The molecule has 1 rings (SSSR count). The smallest absolute Gasteiger partial charge is 0.323 e. The third-order valence-corrected chi connectivity index (χ3v) is 3.16. The lowest BCUT2D eigenvalue weighted by Crippen LogP contribution is -2.47. The normalized spacial score (nSPS) is 22.5. The van der Waals surface area contributed by atoms with Crippen molar-refractivity contribution in [3.05, 3.63) is 0 Å². The van der Waals surface area contributed by atoms with Crippen LogP contribution < -0.4 is 5.32 Å². The topological polar surface area (TPSA) is 50.8 Å². The third kappa shape index (κ3) is 6.36. The van der Waals surface area contributed by atoms with E-state index < -0.39 is 0 Å². The molecule has 1 saturated heterocycles. The molecule has 0 saturated carbocycles. The number of morpholine rings is 1. The summed E-state index contributed by atoms with van der Waals surface area (Å²) in [6.45, 7) is 12.0. The summed E-state index contributed by atoms with van der Waals surface area (Å²) in [5.74, 6) is -0.141. The molecule has 1 aliphatic heterocycles. The van der Waals surface area contributed by atoms with Crippen LogP contribution in [0.1, 0.15) is 34.1 Å². The summed E-state index contributed by atoms with van der Waals surface area (Å²) in [5.41, 5.74) is 0. The summed E-state index contributed by atoms with van der Waals surface area (Å²) < 4.78 is 10.6. The third-order valence-electron chi connectivity index (χ3n) is 3.16. The van der Waals surface area contributed by atoms with E-state index in [0.717, 1.165) is 32.7 Å². The van der Waals surface area contributed by atoms with Crippen LogP contribution in [0.25, 0.3) is 0 Å². The van der Waals surface area contributed by atoms with Gasteiger partial charge >= 0.3 is 5.97 Å². The first kappa shape index (κ1) is 16.4. The molecule has 0 aromatic carbocycles. The molecule has 1 aliphatic rings. The number of hydrogen-bond donors (Lipinski definition) is 1. The molecule has 0 aromatic heterocycles. The van der Waals surface area contributed by atoms with Crippen LogP contribution in [0.4, 0.5) is 0 Å². The number of carbonyl (C=O) groups is 1. The highest BCUT2D eigenvalue weighted by atomic mass is 16.5. The van der Waals surface area contributed by atoms with Gasteiger partial charge in [-0.05, 0) is 20.3 Å². The molecular formula is C14H28N2O3. The number of rotatable bonds is 7. The van der Waals surface area contributed by atoms with E-state index in [0.29, 0.717) is 6.61 Å². The zero-order valence-electron chi connectivity index (χ0n) is 12.6. The monoisotopic (exact) mass is 272 g/mol. The maximum absolute atomic E-state index is 11.9. The summed E-state index contributed by atoms with van der Waals surface area (Å²) in [6.07, 6.45) is 1.07. The fourth-order valence-electron chi connectivity index (χ4n) is 2.32. The minimum absolute atomic E-state index is 0.141. The average molecular weight is 272 g/mol. The summed E-state index contributed by atoms with van der Waals surface area (Å²) in [7, 11) is 0. The number of nitrogens with one attached hydrogen (secondary N) is 1. The van der Waals surface area contributed by atoms with Gasteiger partial charge < -0.3 is 14.8 Å². The van der Waals surface area contributed by atoms with Crippen LogP contribution in [0.5, 0.6) is 0 Å². The van der Waals surface area contributed by atoms with E-state index in [9.17, 15) is 4.79 Å². The van der Waals surface area contributed by atoms with Gasteiger partial charge in [0.1, 0.15) is 6.04 Å². The lowest BCUT2D eigenvalue weighted by atomic mass is 10.1. The molecule has 0 aromatic rings. The number of carbonyl (C=O) groups excluding carboxylic acids is 1. The second-order valence-corrected chi connectivity index (χ2v) is 5.40. The van der Waals surface area contributed by atoms with Crippen LogP contribution in [-0.2, 0) is 14.3 Å². The highest BCUT2D eigenvalue weighted by Crippen LogP contribution is 2.07. The summed E-state index contributed by atoms with van der Waals surface area (Å²) in [5, 5.41) is 3.28. The zero-order valence-corrected chi connectivity index (χ0v) is 12.6. The van der Waals surface area contributed by atoms with Crippen LogP contribution in [0.15, 0.2) is 0 Å². The molecule has 19 heavy (non-hydrogen) atoms. The molecule has 5 nitrogen and oxygen atoms in total. The maximum atomic E-state index is 11.9. The minimum Gasteiger partial charge on any atom is -0.465 e. The van der Waals surface area contributed by atoms with E-state index in [1.54, 1.807) is 0 Å². The molecule has 1 heterocycles. The van der Waals surface area contributed by atoms with Crippen LogP contribution in [0.3, 0.4) is 0 Å². The van der Waals surface area contributed by atoms with Crippen molar-refractivity contribution >= 4 is 5.97 Å². The molecule has 0 amide bonds. The molecule has 112 valence electrons. The molecule has 1 N–H and O–H groups in total. The molecule has 0 aliphatic carbocycles. The van der Waals surface area contributed by atoms with Crippen molar-refractivity contribution in [2.45, 2.75) is 52.3 Å². The Bertz CT molecular complexity index is 271. The SMILES string of the molecule is CCOC(=O)C(CCN1CCOC(C)C1)NC(C)C. The standard InChI is InChI=1S/C14H28N2O3/c1-5-18-14(17)13(15-11(2)3)6-7-16-8-9-19-12(4)10-16/h11-13,15H,5-10H2,1-4H3. The molecule has 0 spiro atoms. The zero-order chi connectivity index (χ0) is 14.3. The van der Waals surface area contributed by atoms with Gasteiger partial charge in [0.25, 0.3) is 0 Å². The van der Waals surface area contributed by atoms with E-state index in [-0.39, 0.29) is 24.2 Å². The molecule has 2 atom stereocenters. The van der Waals surface area contributed by atoms with E-state index in [1.807, 2.05) is 20.8 Å². The summed E-state index contributed by atoms with van der Waals surface area (Å²) >= 11 is 0. The highest BCUT2D eigenvalue weighted by molar-refractivity contribution is 5.75. The second-order valence-electron chi connectivity index (χ2n) is 5.40. The largest absolute Gasteiger partial charge is 0.465 e. The number of ether oxygens (including phenoxy) is 2. The summed E-state index contributed by atoms with van der Waals surface area (Å²) in [6, 6.07) is 0.0659. The number of esters is 1. The Morgan fingerprint density at radius 2 is 2.26 bits per heavy atom. The van der Waals surface area contributed by atoms with Gasteiger partial charge in [-0.15, -0.1) is 0 Å². The Labute approximate surface area is 116 Å². The second kappa shape index (κ2) is 8.51. The van der Waals surface area contributed by atoms with Crippen LogP contribution in [0.2, 0.25) is 0 Å². The van der Waals surface area contributed by atoms with Crippen molar-refractivity contribution in [2.75, 3.05) is 32.8 Å². The van der Waals surface area contributed by atoms with Crippen molar-refractivity contribution in [1.82, 2.24) is 10.2 Å². The van der Waals surface area contributed by atoms with Crippen molar-refractivity contribution < 1.29 is 14.3 Å². The van der Waals surface area contributed by atoms with Crippen molar-refractivity contribution in [3.8, 4) is 0 Å². The van der Waals surface area contributed by atoms with E-state index >= 15 is 0 Å². The van der Waals surface area contributed by atoms with Gasteiger partial charge in [0.05, 0.1) is 19.3 Å². The average Bonchev–Trinajstić information content (AvgIpc) is 2.34. The van der Waals surface area contributed by atoms with Crippen LogP contribution in [0, 0.1) is 0 Å². The Morgan fingerprint density at radius 1 is 1.53 bits per heavy atom. The van der Waals surface area contributed by atoms with Gasteiger partial charge in [-0.2, -0.15) is 0 Å². The van der Waals surface area contributed by atoms with Gasteiger partial charge in [-0.25, -0.2) is 0 Å². The van der Waals surface area contributed by atoms with Crippen molar-refractivity contribution in [2.24, 2.45) is 0 Å². The predicted octanol–water partition coefficient (Wildman–Crippen LogP) is 1.03. The first-order valence-electron chi connectivity index (χ1n) is 7.29. The maximum Gasteiger partial charge on any atom is 0.323 e. The first-order valence-corrected chi connectivity index (χ1v) is 7.29. The summed E-state index contributed by atoms with van der Waals surface area (Å²) in [4.78, 5) is 14.2. The Hall–Kier alpha value is -0.650. The van der Waals surface area contributed by atoms with Gasteiger partial charge in [-0.1, -0.05) is 13.8 Å². The van der Waals surface area contributed by atoms with E-state index in [1.165, 1.54) is 0 Å². The van der Waals surface area contributed by atoms with Crippen molar-refractivity contribution in [1.29, 1.82) is 0 Å². The number of nitrogens with zero attached hydrogens (tertiary/aromatic N) is 1. The molecule has 2 unspecified atom stereocenters. The van der Waals surface area contributed by atoms with Gasteiger partial charge in [-0.3, -0.25) is 9.69 Å². The number of hydrogen-bond acceptors (Lipinski definition) is 5. The lowest BCUT2D eigenvalue weighted by molar-refractivity contribution is -0.146. The highest BCUT2D eigenvalue weighted by Gasteiger charge is 2.23. The van der Waals surface area contributed by atoms with Gasteiger partial charge in [0.15, 0.2) is 0 Å². The van der Waals surface area contributed by atoms with Crippen molar-refractivity contribution in [3.63, 3.8) is 0 Å². The fraction of sp³-hybridized carbons (Fsp3) is 0.929. The lowest BCUT2D eigenvalue weighted by Gasteiger charge is -2.32. The molecule has 0 radical (unpaired) electrons. The van der Waals surface area contributed by atoms with Crippen LogP contribution >= 0.6 is 0 Å². The van der Waals surface area contributed by atoms with Crippen LogP contribution in [-0.4, -0.2) is 61.9 Å². The Balaban J connectivity index is 2.40. The predicted molar refractivity (Wildman–Crippen MR) is 75.2 cm³/mol. The Kier molecular flexibility index (Phi) is 7.34. The van der Waals surface area contributed by atoms with Gasteiger partial charge in [0.2, 0.25) is 0 Å². The van der Waals surface area contributed by atoms with E-state index in [2.05, 4.69) is 17.1 Å². The first-order chi connectivity index (χ1) is 9.02. The minimum atomic E-state index is -0.210. The molecule has 5 heteroatoms.